The van der Waals surface area contributed by atoms with E-state index in [1.807, 2.05) is 0 Å². The number of benzene rings is 3. The van der Waals surface area contributed by atoms with Gasteiger partial charge in [-0.1, -0.05) is 0 Å². The standard InChI is InChI=1S/C42H72N9Si.C9H13.3ClH.Ti/c1-25-31(43(7)8)34(46(13)14)28(4)40(37(25)49(19)20)52(41-29(5)35(47(15)16)32(44(9)10)26(2)38(41)50(21)22)42-30(6)36(48(17)18)33(45(11)12)27(3)39(42)51(23)24;1-6-5-7(2)9(4)8(6)3;;;;/h1-24H3;6H,1-4H3;3*1H;. The van der Waals surface area contributed by atoms with Crippen LogP contribution < -0.4 is 59.7 Å². The van der Waals surface area contributed by atoms with Crippen molar-refractivity contribution in [3.8, 4) is 0 Å². The van der Waals surface area contributed by atoms with E-state index in [0.29, 0.717) is 5.92 Å². The van der Waals surface area contributed by atoms with E-state index in [0.717, 1.165) is 0 Å². The molecule has 65 heavy (non-hydrogen) atoms. The number of allylic oxidation sites excluding steroid dienone is 4. The third-order valence-corrected chi connectivity index (χ3v) is 26.3. The van der Waals surface area contributed by atoms with Crippen LogP contribution in [0, 0.1) is 47.5 Å². The minimum Gasteiger partial charge on any atom is -0.147 e. The van der Waals surface area contributed by atoms with Gasteiger partial charge in [0.15, 0.2) is 0 Å². The van der Waals surface area contributed by atoms with Gasteiger partial charge in [-0.3, -0.25) is 0 Å². The molecular weight excluding hydrogens is 921 g/mol. The van der Waals surface area contributed by atoms with Crippen molar-refractivity contribution < 1.29 is 18.4 Å². The van der Waals surface area contributed by atoms with Crippen LogP contribution >= 0.6 is 37.2 Å². The van der Waals surface area contributed by atoms with Crippen molar-refractivity contribution in [2.24, 2.45) is 5.92 Å². The van der Waals surface area contributed by atoms with Gasteiger partial charge in [-0.2, -0.15) is 0 Å². The van der Waals surface area contributed by atoms with E-state index in [4.69, 9.17) is 0 Å². The molecule has 0 aliphatic heterocycles. The maximum Gasteiger partial charge on any atom is -0.147 e. The van der Waals surface area contributed by atoms with Crippen molar-refractivity contribution in [3.05, 3.63) is 54.0 Å². The Labute approximate surface area is 425 Å². The van der Waals surface area contributed by atoms with Gasteiger partial charge in [-0.15, -0.1) is 37.2 Å². The Balaban J connectivity index is 0.00000704. The quantitative estimate of drug-likeness (QED) is 0.116. The third-order valence-electron chi connectivity index (χ3n) is 13.8. The minimum atomic E-state index is -3.31. The fraction of sp³-hybridized carbons (Fsp3) is 0.569. The molecule has 0 heterocycles. The van der Waals surface area contributed by atoms with Gasteiger partial charge in [0.1, 0.15) is 0 Å². The van der Waals surface area contributed by atoms with Crippen LogP contribution in [0.3, 0.4) is 0 Å². The van der Waals surface area contributed by atoms with E-state index >= 15 is 0 Å². The zero-order chi connectivity index (χ0) is 47.7. The fourth-order valence-electron chi connectivity index (χ4n) is 11.5. The van der Waals surface area contributed by atoms with Crippen molar-refractivity contribution in [3.63, 3.8) is 0 Å². The molecule has 0 spiro atoms. The zero-order valence-corrected chi connectivity index (χ0v) is 50.8. The van der Waals surface area contributed by atoms with Gasteiger partial charge in [-0.05, 0) is 0 Å². The van der Waals surface area contributed by atoms with Gasteiger partial charge < -0.3 is 0 Å². The molecule has 0 saturated carbocycles. The predicted octanol–water partition coefficient (Wildman–Crippen LogP) is 8.71. The first-order chi connectivity index (χ1) is 28.5. The molecule has 0 radical (unpaired) electrons. The van der Waals surface area contributed by atoms with Crippen molar-refractivity contribution in [1.29, 1.82) is 0 Å². The van der Waals surface area contributed by atoms with Crippen LogP contribution in [0.5, 0.6) is 0 Å². The first kappa shape index (κ1) is 60.2. The predicted molar refractivity (Wildman–Crippen MR) is 303 cm³/mol. The molecule has 0 amide bonds. The van der Waals surface area contributed by atoms with E-state index in [9.17, 15) is 0 Å². The van der Waals surface area contributed by atoms with Crippen LogP contribution in [-0.2, 0) is 18.4 Å². The largest absolute Gasteiger partial charge is 0.147 e. The molecule has 1 atom stereocenters. The summed E-state index contributed by atoms with van der Waals surface area (Å²) >= 11 is -1.03. The van der Waals surface area contributed by atoms with Crippen molar-refractivity contribution in [1.82, 2.24) is 0 Å². The van der Waals surface area contributed by atoms with Gasteiger partial charge in [0.2, 0.25) is 0 Å². The summed E-state index contributed by atoms with van der Waals surface area (Å²) in [5.74, 6) is -2.93. The molecule has 4 rings (SSSR count). The first-order valence-corrected chi connectivity index (χ1v) is 27.3. The van der Waals surface area contributed by atoms with E-state index < -0.39 is 24.3 Å². The molecule has 3 aromatic rings. The molecule has 0 bridgehead atoms. The Bertz CT molecular complexity index is 2100. The smallest absolute Gasteiger partial charge is 0.147 e. The van der Waals surface area contributed by atoms with Crippen molar-refractivity contribution in [2.45, 2.75) is 69.2 Å². The normalized spacial score (nSPS) is 13.5. The summed E-state index contributed by atoms with van der Waals surface area (Å²) in [5.41, 5.74) is 24.6. The Morgan fingerprint density at radius 1 is 0.308 bits per heavy atom. The Morgan fingerprint density at radius 3 is 0.677 bits per heavy atom. The topological polar surface area (TPSA) is 29.2 Å². The van der Waals surface area contributed by atoms with Gasteiger partial charge in [-0.25, -0.2) is 0 Å². The number of hydrogen-bond donors (Lipinski definition) is 0. The molecule has 0 aromatic heterocycles. The van der Waals surface area contributed by atoms with E-state index in [1.54, 1.807) is 19.4 Å². The van der Waals surface area contributed by atoms with Gasteiger partial charge >= 0.3 is 391 Å². The van der Waals surface area contributed by atoms with E-state index in [-0.39, 0.29) is 37.2 Å². The van der Waals surface area contributed by atoms with E-state index in [1.165, 1.54) is 101 Å². The van der Waals surface area contributed by atoms with Crippen LogP contribution in [0.4, 0.5) is 51.2 Å². The number of halogens is 3. The molecular formula is C51H88Cl3N9SiTi. The number of anilines is 9. The minimum absolute atomic E-state index is 0. The van der Waals surface area contributed by atoms with Crippen LogP contribution in [0.15, 0.2) is 20.6 Å². The average molecular weight is 1010 g/mol. The van der Waals surface area contributed by atoms with Gasteiger partial charge in [0, 0.05) is 0 Å². The second kappa shape index (κ2) is 22.1. The second-order valence-corrected chi connectivity index (χ2v) is 28.8. The third kappa shape index (κ3) is 9.74. The summed E-state index contributed by atoms with van der Waals surface area (Å²) < 4.78 is 1.70. The molecule has 1 unspecified atom stereocenters. The van der Waals surface area contributed by atoms with Crippen molar-refractivity contribution in [2.75, 3.05) is 171 Å². The molecule has 1 aliphatic carbocycles. The number of rotatable bonds is 14. The number of hydrogen-bond acceptors (Lipinski definition) is 9. The zero-order valence-electron chi connectivity index (χ0n) is 45.8. The van der Waals surface area contributed by atoms with Crippen LogP contribution in [0.25, 0.3) is 0 Å². The molecule has 0 N–H and O–H groups in total. The Morgan fingerprint density at radius 2 is 0.508 bits per heavy atom. The molecule has 3 aromatic carbocycles. The van der Waals surface area contributed by atoms with Gasteiger partial charge in [0.25, 0.3) is 0 Å². The Hall–Kier alpha value is -2.86. The fourth-order valence-corrected chi connectivity index (χ4v) is 28.3. The molecule has 9 nitrogen and oxygen atoms in total. The number of nitrogens with zero attached hydrogens (tertiary/aromatic N) is 9. The second-order valence-electron chi connectivity index (χ2n) is 20.0. The summed E-state index contributed by atoms with van der Waals surface area (Å²) in [6, 6.07) is 0. The van der Waals surface area contributed by atoms with Gasteiger partial charge in [0.05, 0.1) is 0 Å². The molecule has 1 aliphatic rings. The summed E-state index contributed by atoms with van der Waals surface area (Å²) in [7, 11) is 40.7. The van der Waals surface area contributed by atoms with Crippen LogP contribution in [0.1, 0.15) is 61.1 Å². The SMILES string of the molecule is CC1=C(C)C(C)[C]([Ti][Si](c2c(C)c(N(C)C)c(N(C)C)c(C)c2N(C)C)(c2c(C)c(N(C)C)c(N(C)C)c(C)c2N(C)C)c2c(C)c(N(C)C)c(N(C)C)c(C)c2N(C)C)=C1C.Cl.Cl.Cl. The summed E-state index contributed by atoms with van der Waals surface area (Å²) in [4.78, 5) is 21.7. The van der Waals surface area contributed by atoms with Crippen molar-refractivity contribution >= 4 is 110 Å². The molecule has 14 heteroatoms. The maximum absolute atomic E-state index is 3.31. The monoisotopic (exact) mass is 1010 g/mol. The van der Waals surface area contributed by atoms with Crippen LogP contribution in [-0.4, -0.2) is 133 Å². The summed E-state index contributed by atoms with van der Waals surface area (Å²) in [6.07, 6.45) is 0. The summed E-state index contributed by atoms with van der Waals surface area (Å²) in [6.45, 7) is 24.4. The molecule has 0 fully saturated rings. The average Bonchev–Trinajstić information content (AvgIpc) is 3.31. The first-order valence-electron chi connectivity index (χ1n) is 22.2. The molecule has 366 valence electrons. The van der Waals surface area contributed by atoms with E-state index in [2.05, 4.69) is 240 Å². The molecule has 0 saturated heterocycles. The maximum atomic E-state index is 2.51. The summed E-state index contributed by atoms with van der Waals surface area (Å²) in [5, 5.41) is 4.68. The Kier molecular flexibility index (Phi) is 20.4. The van der Waals surface area contributed by atoms with Crippen LogP contribution in [0.2, 0.25) is 0 Å².